The van der Waals surface area contributed by atoms with E-state index in [1.165, 1.54) is 7.11 Å². The van der Waals surface area contributed by atoms with Crippen molar-refractivity contribution >= 4 is 14.3 Å². The molecule has 27 heavy (non-hydrogen) atoms. The molecule has 2 aliphatic heterocycles. The molecule has 5 atom stereocenters. The number of esters is 1. The highest BCUT2D eigenvalue weighted by Gasteiger charge is 2.48. The Morgan fingerprint density at radius 3 is 2.41 bits per heavy atom. The van der Waals surface area contributed by atoms with E-state index in [0.717, 1.165) is 25.7 Å². The Morgan fingerprint density at radius 1 is 1.19 bits per heavy atom. The molecule has 2 saturated heterocycles. The van der Waals surface area contributed by atoms with E-state index < -0.39 is 8.32 Å². The highest BCUT2D eigenvalue weighted by Crippen LogP contribution is 2.41. The Morgan fingerprint density at radius 2 is 1.85 bits per heavy atom. The molecule has 0 unspecified atom stereocenters. The average molecular weight is 399 g/mol. The van der Waals surface area contributed by atoms with Gasteiger partial charge in [0.25, 0.3) is 0 Å². The van der Waals surface area contributed by atoms with Crippen LogP contribution in [0.2, 0.25) is 18.1 Å². The van der Waals surface area contributed by atoms with Gasteiger partial charge < -0.3 is 18.6 Å². The van der Waals surface area contributed by atoms with Crippen LogP contribution in [0.3, 0.4) is 0 Å². The Bertz CT molecular complexity index is 511. The Labute approximate surface area is 165 Å². The molecular formula is C21H38O5Si. The Balaban J connectivity index is 2.00. The van der Waals surface area contributed by atoms with Crippen LogP contribution in [-0.2, 0) is 23.4 Å². The molecule has 0 amide bonds. The fourth-order valence-electron chi connectivity index (χ4n) is 3.53. The van der Waals surface area contributed by atoms with E-state index in [2.05, 4.69) is 52.9 Å². The molecule has 2 rings (SSSR count). The van der Waals surface area contributed by atoms with Crippen LogP contribution in [0.5, 0.6) is 0 Å². The SMILES string of the molecule is CC/C=C/C[C@H](O[Si](C)(C)C(C)(C)C)[C@H]1C[C@H]2O[C@H](CC(=O)OC)C[C@H]2O1. The summed E-state index contributed by atoms with van der Waals surface area (Å²) in [5.41, 5.74) is 0. The molecule has 0 spiro atoms. The monoisotopic (exact) mass is 398 g/mol. The molecule has 0 aromatic heterocycles. The standard InChI is InChI=1S/C21H38O5Si/c1-8-9-10-11-16(26-27(6,7)21(2,3)4)18-14-19-17(25-18)12-15(24-19)13-20(22)23-5/h9-10,15-19H,8,11-14H2,1-7H3/b10-9+/t15-,16-,17+,18+,19+/m0/s1. The molecule has 2 aliphatic rings. The summed E-state index contributed by atoms with van der Waals surface area (Å²) < 4.78 is 23.9. The van der Waals surface area contributed by atoms with E-state index in [-0.39, 0.29) is 41.5 Å². The van der Waals surface area contributed by atoms with Crippen molar-refractivity contribution in [1.29, 1.82) is 0 Å². The molecule has 0 saturated carbocycles. The van der Waals surface area contributed by atoms with Crippen LogP contribution in [0.4, 0.5) is 0 Å². The van der Waals surface area contributed by atoms with Crippen molar-refractivity contribution in [3.63, 3.8) is 0 Å². The van der Waals surface area contributed by atoms with Crippen LogP contribution >= 0.6 is 0 Å². The molecule has 0 bridgehead atoms. The molecule has 0 aromatic rings. The molecule has 5 nitrogen and oxygen atoms in total. The lowest BCUT2D eigenvalue weighted by Crippen LogP contribution is -2.47. The molecule has 156 valence electrons. The van der Waals surface area contributed by atoms with Gasteiger partial charge in [-0.15, -0.1) is 0 Å². The summed E-state index contributed by atoms with van der Waals surface area (Å²) >= 11 is 0. The number of hydrogen-bond donors (Lipinski definition) is 0. The minimum absolute atomic E-state index is 0.0507. The number of allylic oxidation sites excluding steroid dienone is 1. The summed E-state index contributed by atoms with van der Waals surface area (Å²) in [5.74, 6) is -0.222. The van der Waals surface area contributed by atoms with Crippen LogP contribution in [0.25, 0.3) is 0 Å². The summed E-state index contributed by atoms with van der Waals surface area (Å²) in [5, 5.41) is 0.163. The van der Waals surface area contributed by atoms with Crippen molar-refractivity contribution in [2.75, 3.05) is 7.11 Å². The van der Waals surface area contributed by atoms with Crippen LogP contribution in [0, 0.1) is 0 Å². The molecule has 0 N–H and O–H groups in total. The zero-order valence-corrected chi connectivity index (χ0v) is 19.1. The van der Waals surface area contributed by atoms with Crippen molar-refractivity contribution in [1.82, 2.24) is 0 Å². The van der Waals surface area contributed by atoms with E-state index in [1.54, 1.807) is 0 Å². The van der Waals surface area contributed by atoms with Crippen molar-refractivity contribution in [2.45, 2.75) is 108 Å². The van der Waals surface area contributed by atoms with Gasteiger partial charge in [0.15, 0.2) is 8.32 Å². The van der Waals surface area contributed by atoms with Gasteiger partial charge in [0.1, 0.15) is 0 Å². The summed E-state index contributed by atoms with van der Waals surface area (Å²) in [6, 6.07) is 0. The van der Waals surface area contributed by atoms with Gasteiger partial charge in [0.2, 0.25) is 0 Å². The molecular weight excluding hydrogens is 360 g/mol. The third kappa shape index (κ3) is 5.89. The number of hydrogen-bond acceptors (Lipinski definition) is 5. The number of carbonyl (C=O) groups is 1. The molecule has 2 fully saturated rings. The molecule has 2 heterocycles. The first-order chi connectivity index (χ1) is 12.6. The van der Waals surface area contributed by atoms with Crippen LogP contribution < -0.4 is 0 Å². The zero-order valence-electron chi connectivity index (χ0n) is 18.1. The van der Waals surface area contributed by atoms with Gasteiger partial charge in [0, 0.05) is 12.8 Å². The third-order valence-corrected chi connectivity index (χ3v) is 10.7. The fraction of sp³-hybridized carbons (Fsp3) is 0.857. The highest BCUT2D eigenvalue weighted by atomic mass is 28.4. The summed E-state index contributed by atoms with van der Waals surface area (Å²) in [6.07, 6.45) is 8.35. The van der Waals surface area contributed by atoms with E-state index >= 15 is 0 Å². The molecule has 0 radical (unpaired) electrons. The first kappa shape index (κ1) is 22.6. The zero-order chi connectivity index (χ0) is 20.2. The number of ether oxygens (including phenoxy) is 3. The first-order valence-electron chi connectivity index (χ1n) is 10.3. The summed E-state index contributed by atoms with van der Waals surface area (Å²) in [6.45, 7) is 13.5. The van der Waals surface area contributed by atoms with Gasteiger partial charge in [0.05, 0.1) is 44.1 Å². The number of rotatable bonds is 8. The summed E-state index contributed by atoms with van der Waals surface area (Å²) in [7, 11) is -0.474. The van der Waals surface area contributed by atoms with Crippen molar-refractivity contribution < 1.29 is 23.4 Å². The minimum Gasteiger partial charge on any atom is -0.469 e. The van der Waals surface area contributed by atoms with Crippen LogP contribution in [-0.4, -0.2) is 51.9 Å². The number of methoxy groups -OCH3 is 1. The van der Waals surface area contributed by atoms with Crippen molar-refractivity contribution in [3.05, 3.63) is 12.2 Å². The second-order valence-electron chi connectivity index (χ2n) is 9.29. The molecule has 0 aliphatic carbocycles. The predicted molar refractivity (Wildman–Crippen MR) is 109 cm³/mol. The maximum atomic E-state index is 11.5. The lowest BCUT2D eigenvalue weighted by Gasteiger charge is -2.40. The van der Waals surface area contributed by atoms with Gasteiger partial charge in [-0.2, -0.15) is 0 Å². The minimum atomic E-state index is -1.89. The summed E-state index contributed by atoms with van der Waals surface area (Å²) in [4.78, 5) is 11.5. The van der Waals surface area contributed by atoms with Gasteiger partial charge in [-0.3, -0.25) is 4.79 Å². The smallest absolute Gasteiger partial charge is 0.308 e. The Hall–Kier alpha value is -0.693. The van der Waals surface area contributed by atoms with E-state index in [4.69, 9.17) is 18.6 Å². The van der Waals surface area contributed by atoms with E-state index in [0.29, 0.717) is 6.42 Å². The second kappa shape index (κ2) is 9.20. The Kier molecular flexibility index (Phi) is 7.70. The van der Waals surface area contributed by atoms with Gasteiger partial charge in [-0.05, 0) is 31.0 Å². The van der Waals surface area contributed by atoms with Crippen molar-refractivity contribution in [3.8, 4) is 0 Å². The molecule has 0 aromatic carbocycles. The van der Waals surface area contributed by atoms with E-state index in [1.807, 2.05) is 0 Å². The third-order valence-electron chi connectivity index (χ3n) is 6.15. The predicted octanol–water partition coefficient (Wildman–Crippen LogP) is 4.61. The average Bonchev–Trinajstić information content (AvgIpc) is 3.11. The number of carbonyl (C=O) groups excluding carboxylic acids is 1. The lowest BCUT2D eigenvalue weighted by molar-refractivity contribution is -0.143. The van der Waals surface area contributed by atoms with Gasteiger partial charge >= 0.3 is 5.97 Å². The van der Waals surface area contributed by atoms with Gasteiger partial charge in [-0.1, -0.05) is 39.8 Å². The number of fused-ring (bicyclic) bond motifs is 1. The highest BCUT2D eigenvalue weighted by molar-refractivity contribution is 6.74. The topological polar surface area (TPSA) is 54.0 Å². The van der Waals surface area contributed by atoms with Crippen LogP contribution in [0.15, 0.2) is 12.2 Å². The van der Waals surface area contributed by atoms with Crippen molar-refractivity contribution in [2.24, 2.45) is 0 Å². The second-order valence-corrected chi connectivity index (χ2v) is 14.0. The molecule has 6 heteroatoms. The maximum absolute atomic E-state index is 11.5. The van der Waals surface area contributed by atoms with Crippen LogP contribution in [0.1, 0.15) is 59.8 Å². The lowest BCUT2D eigenvalue weighted by atomic mass is 10.0. The quantitative estimate of drug-likeness (QED) is 0.339. The maximum Gasteiger partial charge on any atom is 0.308 e. The largest absolute Gasteiger partial charge is 0.469 e. The van der Waals surface area contributed by atoms with Gasteiger partial charge in [-0.25, -0.2) is 0 Å². The van der Waals surface area contributed by atoms with E-state index in [9.17, 15) is 4.79 Å². The normalized spacial score (nSPS) is 29.9. The fourth-order valence-corrected chi connectivity index (χ4v) is 4.89. The first-order valence-corrected chi connectivity index (χ1v) is 13.2.